The number of halogens is 1. The first kappa shape index (κ1) is 22.6. The van der Waals surface area contributed by atoms with E-state index in [0.717, 1.165) is 35.4 Å². The predicted molar refractivity (Wildman–Crippen MR) is 132 cm³/mol. The molecule has 0 spiro atoms. The molecule has 0 unspecified atom stereocenters. The Labute approximate surface area is 196 Å². The summed E-state index contributed by atoms with van der Waals surface area (Å²) in [5, 5.41) is 16.5. The molecule has 32 heavy (non-hydrogen) atoms. The van der Waals surface area contributed by atoms with E-state index in [2.05, 4.69) is 17.0 Å². The standard InChI is InChI=1S/C24H25ClN4O2S/c1-3-4-5-6-7-8-21-28-29-22(26)18(23(30)27-24(29)32-21)14-17-11-12-20(31-17)16-10-9-15(2)19(25)13-16/h9-14,26H,3-8H2,1-2H3/b18-14-,26-22?. The Hall–Kier alpha value is -2.64. The summed E-state index contributed by atoms with van der Waals surface area (Å²) in [5.41, 5.74) is 1.99. The van der Waals surface area contributed by atoms with Gasteiger partial charge >= 0.3 is 0 Å². The van der Waals surface area contributed by atoms with Crippen molar-refractivity contribution in [1.29, 1.82) is 5.41 Å². The summed E-state index contributed by atoms with van der Waals surface area (Å²) >= 11 is 7.60. The Balaban J connectivity index is 1.48. The van der Waals surface area contributed by atoms with Crippen LogP contribution in [0.2, 0.25) is 5.02 Å². The fourth-order valence-corrected chi connectivity index (χ4v) is 4.59. The maximum Gasteiger partial charge on any atom is 0.283 e. The van der Waals surface area contributed by atoms with Crippen LogP contribution < -0.4 is 0 Å². The Bertz CT molecular complexity index is 1150. The monoisotopic (exact) mass is 468 g/mol. The zero-order valence-corrected chi connectivity index (χ0v) is 19.7. The number of hydrogen-bond acceptors (Lipinski definition) is 5. The van der Waals surface area contributed by atoms with E-state index in [1.165, 1.54) is 36.0 Å². The molecule has 1 aromatic heterocycles. The number of carbonyl (C=O) groups excluding carboxylic acids is 1. The Morgan fingerprint density at radius 3 is 2.78 bits per heavy atom. The summed E-state index contributed by atoms with van der Waals surface area (Å²) in [6, 6.07) is 9.29. The van der Waals surface area contributed by atoms with Crippen molar-refractivity contribution in [3.8, 4) is 11.3 Å². The molecule has 0 aliphatic carbocycles. The molecule has 2 aliphatic heterocycles. The van der Waals surface area contributed by atoms with Gasteiger partial charge in [-0.05, 0) is 61.4 Å². The van der Waals surface area contributed by atoms with Gasteiger partial charge in [0.2, 0.25) is 5.17 Å². The largest absolute Gasteiger partial charge is 0.457 e. The molecule has 0 fully saturated rings. The number of benzene rings is 1. The number of aryl methyl sites for hydroxylation is 1. The van der Waals surface area contributed by atoms with Gasteiger partial charge in [0.25, 0.3) is 5.91 Å². The van der Waals surface area contributed by atoms with Crippen LogP contribution in [-0.4, -0.2) is 27.0 Å². The van der Waals surface area contributed by atoms with Gasteiger partial charge in [-0.2, -0.15) is 15.1 Å². The smallest absolute Gasteiger partial charge is 0.283 e. The number of nitrogens with zero attached hydrogens (tertiary/aromatic N) is 3. The van der Waals surface area contributed by atoms with Gasteiger partial charge in [-0.3, -0.25) is 10.2 Å². The second-order valence-corrected chi connectivity index (χ2v) is 9.29. The van der Waals surface area contributed by atoms with E-state index in [9.17, 15) is 4.79 Å². The Kier molecular flexibility index (Phi) is 6.96. The number of amides is 1. The van der Waals surface area contributed by atoms with Crippen molar-refractivity contribution < 1.29 is 9.21 Å². The molecule has 1 amide bonds. The highest BCUT2D eigenvalue weighted by Gasteiger charge is 2.35. The first-order chi connectivity index (χ1) is 15.5. The number of unbranched alkanes of at least 4 members (excludes halogenated alkanes) is 4. The van der Waals surface area contributed by atoms with E-state index in [1.807, 2.05) is 31.2 Å². The molecule has 8 heteroatoms. The van der Waals surface area contributed by atoms with Crippen LogP contribution in [0.15, 0.2) is 50.4 Å². The fourth-order valence-electron chi connectivity index (χ4n) is 3.49. The van der Waals surface area contributed by atoms with E-state index in [0.29, 0.717) is 21.7 Å². The number of amidine groups is 2. The minimum atomic E-state index is -0.454. The summed E-state index contributed by atoms with van der Waals surface area (Å²) in [6.45, 7) is 4.14. The quantitative estimate of drug-likeness (QED) is 0.338. The maximum absolute atomic E-state index is 12.6. The second-order valence-electron chi connectivity index (χ2n) is 7.84. The van der Waals surface area contributed by atoms with E-state index in [1.54, 1.807) is 12.1 Å². The average Bonchev–Trinajstić information content (AvgIpc) is 3.40. The molecule has 3 heterocycles. The van der Waals surface area contributed by atoms with Gasteiger partial charge in [0.15, 0.2) is 5.84 Å². The highest BCUT2D eigenvalue weighted by Crippen LogP contribution is 2.31. The minimum absolute atomic E-state index is 0.0183. The van der Waals surface area contributed by atoms with Gasteiger partial charge in [-0.1, -0.05) is 56.3 Å². The lowest BCUT2D eigenvalue weighted by Crippen LogP contribution is -2.35. The number of fused-ring (bicyclic) bond motifs is 1. The molecule has 0 bridgehead atoms. The van der Waals surface area contributed by atoms with Gasteiger partial charge < -0.3 is 4.42 Å². The number of aliphatic imine (C=N–C) groups is 1. The summed E-state index contributed by atoms with van der Waals surface area (Å²) in [6.07, 6.45) is 8.28. The maximum atomic E-state index is 12.6. The van der Waals surface area contributed by atoms with Gasteiger partial charge in [0.05, 0.1) is 5.57 Å². The van der Waals surface area contributed by atoms with Gasteiger partial charge in [0, 0.05) is 10.6 Å². The Morgan fingerprint density at radius 2 is 2.00 bits per heavy atom. The number of thioether (sulfide) groups is 1. The third kappa shape index (κ3) is 4.89. The Morgan fingerprint density at radius 1 is 1.19 bits per heavy atom. The normalized spacial score (nSPS) is 17.1. The summed E-state index contributed by atoms with van der Waals surface area (Å²) < 4.78 is 5.89. The molecule has 0 saturated carbocycles. The van der Waals surface area contributed by atoms with Gasteiger partial charge in [-0.15, -0.1) is 0 Å². The molecule has 166 valence electrons. The molecule has 2 aromatic rings. The van der Waals surface area contributed by atoms with E-state index in [-0.39, 0.29) is 11.4 Å². The molecule has 4 rings (SSSR count). The summed E-state index contributed by atoms with van der Waals surface area (Å²) in [5.74, 6) is 0.669. The number of carbonyl (C=O) groups is 1. The van der Waals surface area contributed by atoms with Gasteiger partial charge in [-0.25, -0.2) is 0 Å². The van der Waals surface area contributed by atoms with Crippen molar-refractivity contribution in [2.45, 2.75) is 52.4 Å². The highest BCUT2D eigenvalue weighted by molar-refractivity contribution is 8.26. The molecular weight excluding hydrogens is 444 g/mol. The van der Waals surface area contributed by atoms with Crippen LogP contribution in [0.25, 0.3) is 17.4 Å². The van der Waals surface area contributed by atoms with Crippen LogP contribution in [0.4, 0.5) is 0 Å². The molecule has 1 N–H and O–H groups in total. The number of hydrazone groups is 1. The first-order valence-electron chi connectivity index (χ1n) is 10.8. The number of furan rings is 1. The zero-order chi connectivity index (χ0) is 22.7. The van der Waals surface area contributed by atoms with Crippen molar-refractivity contribution >= 4 is 51.4 Å². The second kappa shape index (κ2) is 9.88. The zero-order valence-electron chi connectivity index (χ0n) is 18.2. The highest BCUT2D eigenvalue weighted by atomic mass is 35.5. The van der Waals surface area contributed by atoms with E-state index >= 15 is 0 Å². The van der Waals surface area contributed by atoms with E-state index in [4.69, 9.17) is 21.4 Å². The van der Waals surface area contributed by atoms with Crippen LogP contribution >= 0.6 is 23.4 Å². The van der Waals surface area contributed by atoms with Crippen molar-refractivity contribution in [3.05, 3.63) is 52.3 Å². The number of nitrogens with one attached hydrogen (secondary N) is 1. The number of hydrogen-bond donors (Lipinski definition) is 1. The predicted octanol–water partition coefficient (Wildman–Crippen LogP) is 6.89. The van der Waals surface area contributed by atoms with Crippen LogP contribution in [0.3, 0.4) is 0 Å². The molecule has 0 atom stereocenters. The third-order valence-corrected chi connectivity index (χ3v) is 6.74. The first-order valence-corrected chi connectivity index (χ1v) is 12.0. The molecule has 2 aliphatic rings. The topological polar surface area (TPSA) is 82.0 Å². The van der Waals surface area contributed by atoms with Crippen LogP contribution in [0.1, 0.15) is 56.8 Å². The van der Waals surface area contributed by atoms with E-state index < -0.39 is 5.91 Å². The minimum Gasteiger partial charge on any atom is -0.457 e. The van der Waals surface area contributed by atoms with Crippen molar-refractivity contribution in [2.75, 3.05) is 0 Å². The lowest BCUT2D eigenvalue weighted by Gasteiger charge is -2.19. The van der Waals surface area contributed by atoms with Gasteiger partial charge in [0.1, 0.15) is 16.6 Å². The van der Waals surface area contributed by atoms with Crippen molar-refractivity contribution in [1.82, 2.24) is 5.01 Å². The lowest BCUT2D eigenvalue weighted by molar-refractivity contribution is -0.114. The molecule has 0 saturated heterocycles. The lowest BCUT2D eigenvalue weighted by atomic mass is 10.1. The van der Waals surface area contributed by atoms with Crippen molar-refractivity contribution in [3.63, 3.8) is 0 Å². The summed E-state index contributed by atoms with van der Waals surface area (Å²) in [7, 11) is 0. The average molecular weight is 469 g/mol. The third-order valence-electron chi connectivity index (χ3n) is 5.36. The van der Waals surface area contributed by atoms with Crippen LogP contribution in [-0.2, 0) is 4.79 Å². The molecule has 1 aromatic carbocycles. The number of rotatable bonds is 8. The SMILES string of the molecule is CCCCCCCC1=NN2C(=N)/C(=C/c3ccc(-c4ccc(C)c(Cl)c4)o3)C(=O)N=C2S1. The van der Waals surface area contributed by atoms with Crippen LogP contribution in [0.5, 0.6) is 0 Å². The molecule has 6 nitrogen and oxygen atoms in total. The van der Waals surface area contributed by atoms with Crippen molar-refractivity contribution in [2.24, 2.45) is 10.1 Å². The molecular formula is C24H25ClN4O2S. The fraction of sp³-hybridized carbons (Fsp3) is 0.333. The molecule has 0 radical (unpaired) electrons. The van der Waals surface area contributed by atoms with Crippen LogP contribution in [0, 0.1) is 12.3 Å². The summed E-state index contributed by atoms with van der Waals surface area (Å²) in [4.78, 5) is 16.8.